The summed E-state index contributed by atoms with van der Waals surface area (Å²) in [5.41, 5.74) is 3.45. The minimum atomic E-state index is -0.596. The fourth-order valence-electron chi connectivity index (χ4n) is 4.26. The third-order valence-electron chi connectivity index (χ3n) is 6.48. The van der Waals surface area contributed by atoms with Crippen LogP contribution in [0, 0.1) is 11.8 Å². The molecule has 36 heavy (non-hydrogen) atoms. The lowest BCUT2D eigenvalue weighted by atomic mass is 9.94. The number of aromatic nitrogens is 2. The lowest BCUT2D eigenvalue weighted by Crippen LogP contribution is -2.33. The molecule has 8 nitrogen and oxygen atoms in total. The molecule has 0 saturated carbocycles. The number of aliphatic hydroxyl groups excluding tert-OH is 1. The first kappa shape index (κ1) is 25.2. The molecule has 0 aliphatic carbocycles. The zero-order chi connectivity index (χ0) is 25.5. The number of aromatic hydroxyl groups is 1. The van der Waals surface area contributed by atoms with E-state index in [1.807, 2.05) is 41.3 Å². The standard InChI is InChI=1S/C28H30N4O4/c1-19(34)32-13-12-25(16-32)29-15-22-6-4-20(5-7-22)2-3-21-8-10-23(11-9-21)24(17-33)14-26-27(35)28(36)31-18-30-26/h4-11,18,24-25,29,33,35H,12-17H2,1H3,(H,30,31,36). The second kappa shape index (κ2) is 11.7. The van der Waals surface area contributed by atoms with Crippen molar-refractivity contribution >= 4 is 5.91 Å². The molecule has 1 saturated heterocycles. The second-order valence-corrected chi connectivity index (χ2v) is 9.01. The van der Waals surface area contributed by atoms with Crippen LogP contribution in [0.3, 0.4) is 0 Å². The van der Waals surface area contributed by atoms with Crippen LogP contribution < -0.4 is 10.9 Å². The summed E-state index contributed by atoms with van der Waals surface area (Å²) in [6.07, 6.45) is 2.47. The van der Waals surface area contributed by atoms with Crippen molar-refractivity contribution in [3.05, 3.63) is 93.2 Å². The third kappa shape index (κ3) is 6.39. The molecule has 1 aliphatic rings. The van der Waals surface area contributed by atoms with Gasteiger partial charge >= 0.3 is 0 Å². The smallest absolute Gasteiger partial charge is 0.293 e. The number of carbonyl (C=O) groups excluding carboxylic acids is 1. The molecule has 2 atom stereocenters. The van der Waals surface area contributed by atoms with E-state index in [0.717, 1.165) is 42.7 Å². The molecular formula is C28H30N4O4. The Morgan fingerprint density at radius 2 is 1.83 bits per heavy atom. The van der Waals surface area contributed by atoms with Crippen molar-refractivity contribution in [2.75, 3.05) is 19.7 Å². The van der Waals surface area contributed by atoms with Crippen LogP contribution in [0.5, 0.6) is 5.75 Å². The number of benzene rings is 2. The summed E-state index contributed by atoms with van der Waals surface area (Å²) in [6.45, 7) is 3.81. The Morgan fingerprint density at radius 1 is 1.17 bits per heavy atom. The van der Waals surface area contributed by atoms with E-state index in [4.69, 9.17) is 0 Å². The zero-order valence-corrected chi connectivity index (χ0v) is 20.2. The predicted octanol–water partition coefficient (Wildman–Crippen LogP) is 1.90. The van der Waals surface area contributed by atoms with Gasteiger partial charge in [0.2, 0.25) is 11.7 Å². The van der Waals surface area contributed by atoms with Crippen LogP contribution in [0.25, 0.3) is 0 Å². The highest BCUT2D eigenvalue weighted by Crippen LogP contribution is 2.22. The quantitative estimate of drug-likeness (QED) is 0.379. The molecule has 1 amide bonds. The molecule has 1 aliphatic heterocycles. The number of likely N-dealkylation sites (tertiary alicyclic amines) is 1. The minimum Gasteiger partial charge on any atom is -0.502 e. The van der Waals surface area contributed by atoms with Crippen LogP contribution in [-0.2, 0) is 17.8 Å². The van der Waals surface area contributed by atoms with E-state index < -0.39 is 11.3 Å². The first-order chi connectivity index (χ1) is 17.4. The van der Waals surface area contributed by atoms with Crippen molar-refractivity contribution in [1.29, 1.82) is 0 Å². The number of hydrogen-bond acceptors (Lipinski definition) is 6. The van der Waals surface area contributed by atoms with Gasteiger partial charge in [0.25, 0.3) is 5.56 Å². The fraction of sp³-hybridized carbons (Fsp3) is 0.321. The van der Waals surface area contributed by atoms with Crippen LogP contribution in [0.1, 0.15) is 47.2 Å². The van der Waals surface area contributed by atoms with E-state index in [-0.39, 0.29) is 30.5 Å². The Kier molecular flexibility index (Phi) is 8.16. The van der Waals surface area contributed by atoms with Gasteiger partial charge in [-0.15, -0.1) is 0 Å². The molecule has 186 valence electrons. The van der Waals surface area contributed by atoms with E-state index in [1.165, 1.54) is 11.9 Å². The normalized spacial score (nSPS) is 15.8. The molecule has 4 N–H and O–H groups in total. The number of hydrogen-bond donors (Lipinski definition) is 4. The fourth-order valence-corrected chi connectivity index (χ4v) is 4.26. The van der Waals surface area contributed by atoms with Crippen molar-refractivity contribution in [3.63, 3.8) is 0 Å². The lowest BCUT2D eigenvalue weighted by Gasteiger charge is -2.15. The summed E-state index contributed by atoms with van der Waals surface area (Å²) >= 11 is 0. The maximum atomic E-state index is 11.6. The van der Waals surface area contributed by atoms with Gasteiger partial charge in [0.05, 0.1) is 18.6 Å². The molecule has 1 fully saturated rings. The summed E-state index contributed by atoms with van der Waals surface area (Å²) < 4.78 is 0. The van der Waals surface area contributed by atoms with Gasteiger partial charge in [-0.25, -0.2) is 4.98 Å². The molecule has 4 rings (SSSR count). The average Bonchev–Trinajstić information content (AvgIpc) is 3.38. The van der Waals surface area contributed by atoms with Gasteiger partial charge in [-0.3, -0.25) is 9.59 Å². The second-order valence-electron chi connectivity index (χ2n) is 9.01. The van der Waals surface area contributed by atoms with Crippen molar-refractivity contribution in [3.8, 4) is 17.6 Å². The highest BCUT2D eigenvalue weighted by Gasteiger charge is 2.23. The molecule has 8 heteroatoms. The number of rotatable bonds is 7. The number of H-pyrrole nitrogens is 1. The van der Waals surface area contributed by atoms with Crippen LogP contribution in [0.15, 0.2) is 59.7 Å². The maximum Gasteiger partial charge on any atom is 0.293 e. The molecule has 0 bridgehead atoms. The summed E-state index contributed by atoms with van der Waals surface area (Å²) in [5.74, 6) is 5.75. The van der Waals surface area contributed by atoms with Gasteiger partial charge in [0.1, 0.15) is 0 Å². The summed E-state index contributed by atoms with van der Waals surface area (Å²) in [7, 11) is 0. The van der Waals surface area contributed by atoms with E-state index in [1.54, 1.807) is 6.92 Å². The van der Waals surface area contributed by atoms with Crippen molar-refractivity contribution < 1.29 is 15.0 Å². The Bertz CT molecular complexity index is 1310. The first-order valence-electron chi connectivity index (χ1n) is 12.0. The molecular weight excluding hydrogens is 456 g/mol. The highest BCUT2D eigenvalue weighted by atomic mass is 16.3. The van der Waals surface area contributed by atoms with Gasteiger partial charge in [-0.05, 0) is 41.8 Å². The average molecular weight is 487 g/mol. The van der Waals surface area contributed by atoms with Crippen LogP contribution in [0.4, 0.5) is 0 Å². The van der Waals surface area contributed by atoms with Gasteiger partial charge in [-0.2, -0.15) is 0 Å². The molecule has 2 aromatic carbocycles. The van der Waals surface area contributed by atoms with E-state index in [9.17, 15) is 19.8 Å². The Hall–Kier alpha value is -3.93. The lowest BCUT2D eigenvalue weighted by molar-refractivity contribution is -0.127. The summed E-state index contributed by atoms with van der Waals surface area (Å²) in [4.78, 5) is 31.3. The van der Waals surface area contributed by atoms with Gasteiger partial charge in [0, 0.05) is 56.1 Å². The molecule has 3 aromatic rings. The third-order valence-corrected chi connectivity index (χ3v) is 6.48. The van der Waals surface area contributed by atoms with Gasteiger partial charge < -0.3 is 25.4 Å². The zero-order valence-electron chi connectivity index (χ0n) is 20.2. The van der Waals surface area contributed by atoms with E-state index in [0.29, 0.717) is 6.04 Å². The van der Waals surface area contributed by atoms with Gasteiger partial charge in [-0.1, -0.05) is 36.1 Å². The maximum absolute atomic E-state index is 11.6. The number of carbonyl (C=O) groups is 1. The Balaban J connectivity index is 1.33. The Labute approximate surface area is 210 Å². The summed E-state index contributed by atoms with van der Waals surface area (Å²) in [6, 6.07) is 16.0. The molecule has 1 aromatic heterocycles. The summed E-state index contributed by atoms with van der Waals surface area (Å²) in [5, 5.41) is 23.3. The Morgan fingerprint density at radius 3 is 2.44 bits per heavy atom. The van der Waals surface area contributed by atoms with Crippen LogP contribution in [0.2, 0.25) is 0 Å². The number of aliphatic hydroxyl groups is 1. The van der Waals surface area contributed by atoms with Crippen LogP contribution in [-0.4, -0.2) is 56.7 Å². The van der Waals surface area contributed by atoms with E-state index >= 15 is 0 Å². The van der Waals surface area contributed by atoms with Crippen molar-refractivity contribution in [2.24, 2.45) is 0 Å². The molecule has 2 heterocycles. The SMILES string of the molecule is CC(=O)N1CCC(NCc2ccc(C#Cc3ccc(C(CO)Cc4nc[nH]c(=O)c4O)cc3)cc2)C1. The molecule has 2 unspecified atom stereocenters. The minimum absolute atomic E-state index is 0.132. The number of nitrogens with one attached hydrogen (secondary N) is 2. The largest absolute Gasteiger partial charge is 0.502 e. The van der Waals surface area contributed by atoms with Gasteiger partial charge in [0.15, 0.2) is 0 Å². The highest BCUT2D eigenvalue weighted by molar-refractivity contribution is 5.73. The molecule has 0 radical (unpaired) electrons. The number of nitrogens with zero attached hydrogens (tertiary/aromatic N) is 2. The van der Waals surface area contributed by atoms with Crippen molar-refractivity contribution in [1.82, 2.24) is 20.2 Å². The predicted molar refractivity (Wildman–Crippen MR) is 136 cm³/mol. The topological polar surface area (TPSA) is 119 Å². The number of amides is 1. The molecule has 0 spiro atoms. The van der Waals surface area contributed by atoms with Crippen molar-refractivity contribution in [2.45, 2.75) is 38.3 Å². The van der Waals surface area contributed by atoms with E-state index in [2.05, 4.69) is 39.3 Å². The van der Waals surface area contributed by atoms with Crippen LogP contribution >= 0.6 is 0 Å². The monoisotopic (exact) mass is 486 g/mol. The first-order valence-corrected chi connectivity index (χ1v) is 12.0. The number of aromatic amines is 1.